The molecule has 156 valence electrons. The fourth-order valence-electron chi connectivity index (χ4n) is 4.02. The van der Waals surface area contributed by atoms with Crippen LogP contribution in [0.1, 0.15) is 44.1 Å². The van der Waals surface area contributed by atoms with Crippen LogP contribution in [-0.4, -0.2) is 55.4 Å². The van der Waals surface area contributed by atoms with Crippen LogP contribution in [0.4, 0.5) is 0 Å². The molecule has 0 spiro atoms. The summed E-state index contributed by atoms with van der Waals surface area (Å²) in [6, 6.07) is 3.63. The van der Waals surface area contributed by atoms with Gasteiger partial charge in [-0.1, -0.05) is 11.6 Å². The summed E-state index contributed by atoms with van der Waals surface area (Å²) in [5.41, 5.74) is 1.03. The van der Waals surface area contributed by atoms with Gasteiger partial charge in [0.05, 0.1) is 18.2 Å². The van der Waals surface area contributed by atoms with Crippen molar-refractivity contribution in [1.82, 2.24) is 10.2 Å². The summed E-state index contributed by atoms with van der Waals surface area (Å²) in [7, 11) is 1.53. The van der Waals surface area contributed by atoms with Gasteiger partial charge >= 0.3 is 0 Å². The second kappa shape index (κ2) is 10.3. The second-order valence-corrected chi connectivity index (χ2v) is 8.23. The van der Waals surface area contributed by atoms with Crippen LogP contribution < -0.4 is 10.1 Å². The minimum atomic E-state index is -0.00982. The van der Waals surface area contributed by atoms with E-state index in [0.29, 0.717) is 29.7 Å². The topological polar surface area (TPSA) is 71.0 Å². The molecule has 28 heavy (non-hydrogen) atoms. The van der Waals surface area contributed by atoms with Crippen LogP contribution in [0.15, 0.2) is 12.1 Å². The van der Waals surface area contributed by atoms with Gasteiger partial charge in [-0.3, -0.25) is 9.69 Å². The number of carbonyl (C=O) groups excluding carboxylic acids is 1. The highest BCUT2D eigenvalue weighted by Gasteiger charge is 2.21. The molecule has 7 heteroatoms. The van der Waals surface area contributed by atoms with Crippen molar-refractivity contribution in [2.75, 3.05) is 33.4 Å². The minimum Gasteiger partial charge on any atom is -0.503 e. The van der Waals surface area contributed by atoms with Crippen molar-refractivity contribution in [2.45, 2.75) is 51.2 Å². The maximum atomic E-state index is 12.0. The van der Waals surface area contributed by atoms with E-state index in [1.54, 1.807) is 6.07 Å². The standard InChI is InChI=1S/C21H31ClN2O4/c1-27-19-12-16(11-18(22)21(19)26)14-24-8-6-15(7-9-24)4-5-20(25)23-13-17-3-2-10-28-17/h11-12,15,17,26H,2-10,13-14H2,1H3,(H,23,25)/t17-/m0/s1. The fourth-order valence-corrected chi connectivity index (χ4v) is 4.26. The maximum absolute atomic E-state index is 12.0. The molecule has 0 radical (unpaired) electrons. The molecule has 1 aromatic rings. The summed E-state index contributed by atoms with van der Waals surface area (Å²) < 4.78 is 10.7. The number of nitrogens with one attached hydrogen (secondary N) is 1. The lowest BCUT2D eigenvalue weighted by atomic mass is 9.92. The van der Waals surface area contributed by atoms with Gasteiger partial charge in [0.15, 0.2) is 11.5 Å². The van der Waals surface area contributed by atoms with E-state index >= 15 is 0 Å². The van der Waals surface area contributed by atoms with Crippen LogP contribution in [0.25, 0.3) is 0 Å². The monoisotopic (exact) mass is 410 g/mol. The number of halogens is 1. The molecular weight excluding hydrogens is 380 g/mol. The predicted molar refractivity (Wildman–Crippen MR) is 109 cm³/mol. The summed E-state index contributed by atoms with van der Waals surface area (Å²) in [6.07, 6.45) is 6.11. The number of amides is 1. The molecule has 1 amide bonds. The highest BCUT2D eigenvalue weighted by molar-refractivity contribution is 6.32. The van der Waals surface area contributed by atoms with E-state index in [9.17, 15) is 9.90 Å². The lowest BCUT2D eigenvalue weighted by Gasteiger charge is -2.32. The van der Waals surface area contributed by atoms with Gasteiger partial charge in [-0.05, 0) is 68.8 Å². The molecule has 2 aliphatic heterocycles. The molecule has 6 nitrogen and oxygen atoms in total. The Hall–Kier alpha value is -1.50. The van der Waals surface area contributed by atoms with Crippen LogP contribution in [0.2, 0.25) is 5.02 Å². The Balaban J connectivity index is 1.36. The first kappa shape index (κ1) is 21.2. The van der Waals surface area contributed by atoms with E-state index in [0.717, 1.165) is 63.9 Å². The van der Waals surface area contributed by atoms with E-state index in [2.05, 4.69) is 10.2 Å². The Morgan fingerprint density at radius 2 is 2.14 bits per heavy atom. The van der Waals surface area contributed by atoms with Crippen molar-refractivity contribution in [3.8, 4) is 11.5 Å². The summed E-state index contributed by atoms with van der Waals surface area (Å²) >= 11 is 6.08. The molecule has 0 aliphatic carbocycles. The number of ether oxygens (including phenoxy) is 2. The Morgan fingerprint density at radius 3 is 2.82 bits per heavy atom. The van der Waals surface area contributed by atoms with Gasteiger partial charge in [-0.15, -0.1) is 0 Å². The molecule has 0 unspecified atom stereocenters. The first-order valence-corrected chi connectivity index (χ1v) is 10.6. The van der Waals surface area contributed by atoms with Crippen molar-refractivity contribution in [2.24, 2.45) is 5.92 Å². The molecule has 0 bridgehead atoms. The highest BCUT2D eigenvalue weighted by atomic mass is 35.5. The first-order valence-electron chi connectivity index (χ1n) is 10.2. The van der Waals surface area contributed by atoms with E-state index in [-0.39, 0.29) is 17.8 Å². The average Bonchev–Trinajstić information content (AvgIpc) is 3.22. The van der Waals surface area contributed by atoms with Crippen molar-refractivity contribution >= 4 is 17.5 Å². The lowest BCUT2D eigenvalue weighted by Crippen LogP contribution is -2.34. The Labute approximate surface area is 172 Å². The summed E-state index contributed by atoms with van der Waals surface area (Å²) in [5, 5.41) is 13.2. The summed E-state index contributed by atoms with van der Waals surface area (Å²) in [4.78, 5) is 14.4. The van der Waals surface area contributed by atoms with E-state index in [1.165, 1.54) is 7.11 Å². The third-order valence-electron chi connectivity index (χ3n) is 5.75. The number of phenolic OH excluding ortho intramolecular Hbond substituents is 1. The molecule has 2 N–H and O–H groups in total. The van der Waals surface area contributed by atoms with Gasteiger partial charge in [0.2, 0.25) is 5.91 Å². The quantitative estimate of drug-likeness (QED) is 0.687. The minimum absolute atomic E-state index is 0.00982. The van der Waals surface area contributed by atoms with Crippen LogP contribution >= 0.6 is 11.6 Å². The number of hydrogen-bond acceptors (Lipinski definition) is 5. The van der Waals surface area contributed by atoms with Crippen molar-refractivity contribution in [3.05, 3.63) is 22.7 Å². The molecule has 2 heterocycles. The van der Waals surface area contributed by atoms with Gasteiger partial charge in [0, 0.05) is 26.1 Å². The molecule has 2 saturated heterocycles. The number of piperidine rings is 1. The van der Waals surface area contributed by atoms with Gasteiger partial charge in [-0.2, -0.15) is 0 Å². The van der Waals surface area contributed by atoms with Crippen molar-refractivity contribution in [1.29, 1.82) is 0 Å². The number of aromatic hydroxyl groups is 1. The van der Waals surface area contributed by atoms with Crippen LogP contribution in [0.5, 0.6) is 11.5 Å². The lowest BCUT2D eigenvalue weighted by molar-refractivity contribution is -0.122. The number of carbonyl (C=O) groups is 1. The first-order chi connectivity index (χ1) is 13.5. The summed E-state index contributed by atoms with van der Waals surface area (Å²) in [5.74, 6) is 1.14. The number of benzene rings is 1. The van der Waals surface area contributed by atoms with Gasteiger partial charge in [0.25, 0.3) is 0 Å². The maximum Gasteiger partial charge on any atom is 0.220 e. The molecule has 1 aromatic carbocycles. The zero-order valence-electron chi connectivity index (χ0n) is 16.6. The smallest absolute Gasteiger partial charge is 0.220 e. The highest BCUT2D eigenvalue weighted by Crippen LogP contribution is 2.35. The van der Waals surface area contributed by atoms with Gasteiger partial charge < -0.3 is 19.9 Å². The van der Waals surface area contributed by atoms with Crippen molar-refractivity contribution < 1.29 is 19.4 Å². The Kier molecular flexibility index (Phi) is 7.82. The van der Waals surface area contributed by atoms with Gasteiger partial charge in [-0.25, -0.2) is 0 Å². The molecule has 2 aliphatic rings. The molecular formula is C21H31ClN2O4. The summed E-state index contributed by atoms with van der Waals surface area (Å²) in [6.45, 7) is 4.26. The largest absolute Gasteiger partial charge is 0.503 e. The normalized spacial score (nSPS) is 21.0. The van der Waals surface area contributed by atoms with Gasteiger partial charge in [0.1, 0.15) is 0 Å². The molecule has 2 fully saturated rings. The molecule has 0 aromatic heterocycles. The third kappa shape index (κ3) is 6.00. The molecule has 0 saturated carbocycles. The van der Waals surface area contributed by atoms with Crippen LogP contribution in [0, 0.1) is 5.92 Å². The van der Waals surface area contributed by atoms with Crippen LogP contribution in [0.3, 0.4) is 0 Å². The van der Waals surface area contributed by atoms with Crippen LogP contribution in [-0.2, 0) is 16.1 Å². The number of hydrogen-bond donors (Lipinski definition) is 2. The van der Waals surface area contributed by atoms with E-state index < -0.39 is 0 Å². The number of nitrogens with zero attached hydrogens (tertiary/aromatic N) is 1. The number of likely N-dealkylation sites (tertiary alicyclic amines) is 1. The third-order valence-corrected chi connectivity index (χ3v) is 6.04. The zero-order chi connectivity index (χ0) is 19.9. The number of rotatable bonds is 8. The SMILES string of the molecule is COc1cc(CN2CCC(CCC(=O)NC[C@@H]3CCCO3)CC2)cc(Cl)c1O. The average molecular weight is 411 g/mol. The van der Waals surface area contributed by atoms with E-state index in [4.69, 9.17) is 21.1 Å². The fraction of sp³-hybridized carbons (Fsp3) is 0.667. The van der Waals surface area contributed by atoms with Crippen molar-refractivity contribution in [3.63, 3.8) is 0 Å². The Morgan fingerprint density at radius 1 is 1.36 bits per heavy atom. The van der Waals surface area contributed by atoms with E-state index in [1.807, 2.05) is 6.07 Å². The number of methoxy groups -OCH3 is 1. The second-order valence-electron chi connectivity index (χ2n) is 7.83. The Bertz CT molecular complexity index is 656. The molecule has 1 atom stereocenters. The predicted octanol–water partition coefficient (Wildman–Crippen LogP) is 3.34. The molecule has 3 rings (SSSR count). The number of phenols is 1. The zero-order valence-corrected chi connectivity index (χ0v) is 17.3.